The van der Waals surface area contributed by atoms with Gasteiger partial charge in [-0.1, -0.05) is 18.2 Å². The predicted molar refractivity (Wildman–Crippen MR) is 106 cm³/mol. The first-order chi connectivity index (χ1) is 13.2. The monoisotopic (exact) mass is 377 g/mol. The zero-order valence-corrected chi connectivity index (χ0v) is 15.2. The summed E-state index contributed by atoms with van der Waals surface area (Å²) in [6.07, 6.45) is 3.93. The van der Waals surface area contributed by atoms with Gasteiger partial charge in [-0.15, -0.1) is 0 Å². The van der Waals surface area contributed by atoms with Crippen LogP contribution < -0.4 is 14.8 Å². The molecular formula is C20H15N3O3S. The summed E-state index contributed by atoms with van der Waals surface area (Å²) in [6, 6.07) is 13.6. The molecule has 0 aliphatic carbocycles. The number of benzene rings is 2. The molecule has 7 heteroatoms. The fraction of sp³-hybridized carbons (Fsp3) is 0.100. The van der Waals surface area contributed by atoms with Gasteiger partial charge in [0.25, 0.3) is 5.91 Å². The standard InChI is InChI=1S/C20H15N3O3S/c1-23-10-12(14-4-2-3-5-15(14)23)8-18-19(24)22-20(27-18)21-13-6-7-16-17(9-13)26-11-25-16/h2-10H,11H2,1H3,(H,21,22,24)/b18-8-. The lowest BCUT2D eigenvalue weighted by Crippen LogP contribution is -2.19. The second kappa shape index (κ2) is 6.21. The number of aromatic nitrogens is 1. The number of aryl methyl sites for hydroxylation is 1. The topological polar surface area (TPSA) is 64.8 Å². The van der Waals surface area contributed by atoms with Crippen molar-refractivity contribution in [2.45, 2.75) is 0 Å². The van der Waals surface area contributed by atoms with Crippen LogP contribution in [0.15, 0.2) is 58.6 Å². The molecule has 6 nitrogen and oxygen atoms in total. The molecule has 1 N–H and O–H groups in total. The van der Waals surface area contributed by atoms with E-state index in [1.54, 1.807) is 6.07 Å². The van der Waals surface area contributed by atoms with Gasteiger partial charge >= 0.3 is 0 Å². The Morgan fingerprint density at radius 1 is 1.19 bits per heavy atom. The number of nitrogens with zero attached hydrogens (tertiary/aromatic N) is 2. The van der Waals surface area contributed by atoms with E-state index in [2.05, 4.69) is 27.0 Å². The number of para-hydroxylation sites is 1. The summed E-state index contributed by atoms with van der Waals surface area (Å²) in [7, 11) is 2.00. The van der Waals surface area contributed by atoms with Crippen molar-refractivity contribution in [3.05, 3.63) is 59.1 Å². The number of thioether (sulfide) groups is 1. The normalized spacial score (nSPS) is 18.6. The molecule has 134 valence electrons. The number of amides is 1. The van der Waals surface area contributed by atoms with Crippen molar-refractivity contribution >= 4 is 45.5 Å². The number of ether oxygens (including phenoxy) is 2. The summed E-state index contributed by atoms with van der Waals surface area (Å²) in [5.41, 5.74) is 2.84. The molecule has 0 saturated carbocycles. The van der Waals surface area contributed by atoms with Crippen LogP contribution in [0.1, 0.15) is 5.56 Å². The fourth-order valence-electron chi connectivity index (χ4n) is 3.18. The first kappa shape index (κ1) is 16.0. The number of hydrogen-bond donors (Lipinski definition) is 1. The minimum Gasteiger partial charge on any atom is -0.454 e. The number of nitrogens with one attached hydrogen (secondary N) is 1. The van der Waals surface area contributed by atoms with Crippen molar-refractivity contribution in [3.63, 3.8) is 0 Å². The molecule has 27 heavy (non-hydrogen) atoms. The highest BCUT2D eigenvalue weighted by Gasteiger charge is 2.24. The highest BCUT2D eigenvalue weighted by molar-refractivity contribution is 8.18. The minimum atomic E-state index is -0.146. The van der Waals surface area contributed by atoms with Gasteiger partial charge in [-0.3, -0.25) is 4.79 Å². The number of amidine groups is 1. The highest BCUT2D eigenvalue weighted by Crippen LogP contribution is 2.36. The Bertz CT molecular complexity index is 1150. The second-order valence-corrected chi connectivity index (χ2v) is 7.26. The van der Waals surface area contributed by atoms with E-state index in [4.69, 9.17) is 9.47 Å². The Balaban J connectivity index is 1.45. The van der Waals surface area contributed by atoms with Crippen LogP contribution in [-0.2, 0) is 11.8 Å². The summed E-state index contributed by atoms with van der Waals surface area (Å²) in [5.74, 6) is 1.23. The Labute approximate surface area is 159 Å². The van der Waals surface area contributed by atoms with Crippen LogP contribution in [0.4, 0.5) is 5.69 Å². The quantitative estimate of drug-likeness (QED) is 0.690. The third kappa shape index (κ3) is 2.86. The maximum atomic E-state index is 12.4. The number of carbonyl (C=O) groups is 1. The molecule has 5 rings (SSSR count). The van der Waals surface area contributed by atoms with Crippen LogP contribution in [0.3, 0.4) is 0 Å². The molecule has 2 aromatic carbocycles. The van der Waals surface area contributed by atoms with Crippen molar-refractivity contribution < 1.29 is 14.3 Å². The van der Waals surface area contributed by atoms with Crippen molar-refractivity contribution in [1.82, 2.24) is 9.88 Å². The fourth-order valence-corrected chi connectivity index (χ4v) is 4.01. The Morgan fingerprint density at radius 3 is 2.96 bits per heavy atom. The molecule has 2 aliphatic heterocycles. The van der Waals surface area contributed by atoms with E-state index in [1.807, 2.05) is 43.6 Å². The average molecular weight is 377 g/mol. The summed E-state index contributed by atoms with van der Waals surface area (Å²) >= 11 is 1.33. The number of carbonyl (C=O) groups excluding carboxylic acids is 1. The van der Waals surface area contributed by atoms with E-state index in [9.17, 15) is 4.79 Å². The van der Waals surface area contributed by atoms with Crippen LogP contribution in [0.25, 0.3) is 17.0 Å². The van der Waals surface area contributed by atoms with Crippen molar-refractivity contribution in [2.24, 2.45) is 12.0 Å². The minimum absolute atomic E-state index is 0.146. The van der Waals surface area contributed by atoms with Crippen molar-refractivity contribution in [1.29, 1.82) is 0 Å². The van der Waals surface area contributed by atoms with Crippen LogP contribution in [0.5, 0.6) is 11.5 Å². The van der Waals surface area contributed by atoms with Gasteiger partial charge in [-0.25, -0.2) is 4.99 Å². The van der Waals surface area contributed by atoms with E-state index >= 15 is 0 Å². The average Bonchev–Trinajstić information content (AvgIpc) is 3.35. The molecular weight excluding hydrogens is 362 g/mol. The lowest BCUT2D eigenvalue weighted by molar-refractivity contribution is -0.115. The maximum Gasteiger partial charge on any atom is 0.264 e. The van der Waals surface area contributed by atoms with Crippen LogP contribution in [0, 0.1) is 0 Å². The largest absolute Gasteiger partial charge is 0.454 e. The third-order valence-corrected chi connectivity index (χ3v) is 5.36. The van der Waals surface area contributed by atoms with Crippen molar-refractivity contribution in [3.8, 4) is 11.5 Å². The molecule has 0 unspecified atom stereocenters. The van der Waals surface area contributed by atoms with Gasteiger partial charge in [0, 0.05) is 35.8 Å². The number of fused-ring (bicyclic) bond motifs is 2. The molecule has 3 heterocycles. The number of aliphatic imine (C=N–C) groups is 1. The molecule has 0 bridgehead atoms. The van der Waals surface area contributed by atoms with E-state index in [1.165, 1.54) is 11.8 Å². The van der Waals surface area contributed by atoms with Gasteiger partial charge < -0.3 is 19.4 Å². The van der Waals surface area contributed by atoms with E-state index < -0.39 is 0 Å². The smallest absolute Gasteiger partial charge is 0.264 e. The van der Waals surface area contributed by atoms with Gasteiger partial charge in [0.05, 0.1) is 10.6 Å². The molecule has 3 aromatic rings. The Kier molecular flexibility index (Phi) is 3.68. The Hall–Kier alpha value is -3.19. The molecule has 0 spiro atoms. The van der Waals surface area contributed by atoms with Crippen molar-refractivity contribution in [2.75, 3.05) is 6.79 Å². The maximum absolute atomic E-state index is 12.4. The van der Waals surface area contributed by atoms with Crippen LogP contribution >= 0.6 is 11.8 Å². The summed E-state index contributed by atoms with van der Waals surface area (Å²) in [4.78, 5) is 17.5. The van der Waals surface area contributed by atoms with Gasteiger partial charge in [0.2, 0.25) is 6.79 Å². The van der Waals surface area contributed by atoms with Gasteiger partial charge in [-0.2, -0.15) is 0 Å². The third-order valence-electron chi connectivity index (χ3n) is 4.45. The van der Waals surface area contributed by atoms with Gasteiger partial charge in [0.15, 0.2) is 16.7 Å². The lowest BCUT2D eigenvalue weighted by atomic mass is 10.1. The molecule has 1 saturated heterocycles. The Morgan fingerprint density at radius 2 is 2.04 bits per heavy atom. The summed E-state index contributed by atoms with van der Waals surface area (Å²) in [5, 5.41) is 4.48. The molecule has 1 fully saturated rings. The van der Waals surface area contributed by atoms with Crippen LogP contribution in [-0.4, -0.2) is 22.4 Å². The molecule has 2 aliphatic rings. The van der Waals surface area contributed by atoms with E-state index in [0.29, 0.717) is 27.3 Å². The molecule has 0 radical (unpaired) electrons. The van der Waals surface area contributed by atoms with E-state index in [-0.39, 0.29) is 12.7 Å². The van der Waals surface area contributed by atoms with Crippen LogP contribution in [0.2, 0.25) is 0 Å². The van der Waals surface area contributed by atoms with Gasteiger partial charge in [-0.05, 0) is 36.0 Å². The van der Waals surface area contributed by atoms with Gasteiger partial charge in [0.1, 0.15) is 0 Å². The summed E-state index contributed by atoms with van der Waals surface area (Å²) in [6.45, 7) is 0.221. The number of rotatable bonds is 2. The number of hydrogen-bond acceptors (Lipinski definition) is 5. The zero-order chi connectivity index (χ0) is 18.4. The SMILES string of the molecule is Cn1cc(/C=C2\SC(=Nc3ccc4c(c3)OCO4)NC2=O)c2ccccc21. The first-order valence-electron chi connectivity index (χ1n) is 8.41. The molecule has 1 aromatic heterocycles. The highest BCUT2D eigenvalue weighted by atomic mass is 32.2. The lowest BCUT2D eigenvalue weighted by Gasteiger charge is -1.98. The zero-order valence-electron chi connectivity index (χ0n) is 14.4. The predicted octanol–water partition coefficient (Wildman–Crippen LogP) is 3.80. The molecule has 0 atom stereocenters. The first-order valence-corrected chi connectivity index (χ1v) is 9.22. The molecule has 1 amide bonds. The summed E-state index contributed by atoms with van der Waals surface area (Å²) < 4.78 is 12.7. The van der Waals surface area contributed by atoms with E-state index in [0.717, 1.165) is 16.5 Å². The second-order valence-electron chi connectivity index (χ2n) is 6.23.